The molecule has 0 aromatic heterocycles. The van der Waals surface area contributed by atoms with Crippen molar-refractivity contribution >= 4 is 11.9 Å². The Morgan fingerprint density at radius 2 is 2.36 bits per heavy atom. The molecule has 14 heavy (non-hydrogen) atoms. The predicted octanol–water partition coefficient (Wildman–Crippen LogP) is -0.203. The highest BCUT2D eigenvalue weighted by atomic mass is 16.5. The number of carbonyl (C=O) groups excluding carboxylic acids is 2. The zero-order valence-electron chi connectivity index (χ0n) is 8.49. The molecule has 1 heterocycles. The van der Waals surface area contributed by atoms with E-state index in [9.17, 15) is 9.59 Å². The van der Waals surface area contributed by atoms with Gasteiger partial charge in [-0.3, -0.25) is 9.59 Å². The van der Waals surface area contributed by atoms with Crippen molar-refractivity contribution in [2.24, 2.45) is 0 Å². The van der Waals surface area contributed by atoms with Crippen LogP contribution in [0, 0.1) is 0 Å². The molecule has 0 aromatic rings. The van der Waals surface area contributed by atoms with Gasteiger partial charge in [-0.2, -0.15) is 0 Å². The molecule has 0 aliphatic carbocycles. The Labute approximate surface area is 83.0 Å². The van der Waals surface area contributed by atoms with Crippen molar-refractivity contribution in [2.75, 3.05) is 26.8 Å². The number of likely N-dealkylation sites (tertiary alicyclic amines) is 1. The molecule has 80 valence electrons. The number of nitrogens with zero attached hydrogens (tertiary/aromatic N) is 1. The predicted molar refractivity (Wildman–Crippen MR) is 48.6 cm³/mol. The average molecular weight is 201 g/mol. The van der Waals surface area contributed by atoms with E-state index in [2.05, 4.69) is 0 Å². The van der Waals surface area contributed by atoms with Crippen LogP contribution in [0.3, 0.4) is 0 Å². The Bertz CT molecular complexity index is 229. The molecule has 5 heteroatoms. The van der Waals surface area contributed by atoms with Gasteiger partial charge in [0.2, 0.25) is 5.91 Å². The van der Waals surface area contributed by atoms with Crippen LogP contribution in [-0.2, 0) is 19.1 Å². The molecule has 0 saturated carbocycles. The van der Waals surface area contributed by atoms with Crippen molar-refractivity contribution in [2.45, 2.75) is 19.4 Å². The van der Waals surface area contributed by atoms with Crippen molar-refractivity contribution in [3.63, 3.8) is 0 Å². The second-order valence-corrected chi connectivity index (χ2v) is 3.14. The van der Waals surface area contributed by atoms with Crippen LogP contribution in [0.5, 0.6) is 0 Å². The minimum absolute atomic E-state index is 0.0343. The lowest BCUT2D eigenvalue weighted by atomic mass is 10.3. The van der Waals surface area contributed by atoms with Gasteiger partial charge in [0.05, 0.1) is 19.1 Å². The van der Waals surface area contributed by atoms with E-state index in [1.165, 1.54) is 4.90 Å². The second kappa shape index (κ2) is 4.95. The Morgan fingerprint density at radius 1 is 1.64 bits per heavy atom. The number of hydrogen-bond acceptors (Lipinski definition) is 4. The van der Waals surface area contributed by atoms with Crippen LogP contribution < -0.4 is 0 Å². The third-order valence-electron chi connectivity index (χ3n) is 2.14. The molecule has 1 fully saturated rings. The van der Waals surface area contributed by atoms with E-state index in [0.717, 1.165) is 0 Å². The summed E-state index contributed by atoms with van der Waals surface area (Å²) >= 11 is 0. The lowest BCUT2D eigenvalue weighted by molar-refractivity contribution is -0.147. The van der Waals surface area contributed by atoms with Crippen molar-refractivity contribution < 1.29 is 19.1 Å². The fourth-order valence-electron chi connectivity index (χ4n) is 1.41. The third-order valence-corrected chi connectivity index (χ3v) is 2.14. The first-order valence-corrected chi connectivity index (χ1v) is 4.63. The highest BCUT2D eigenvalue weighted by molar-refractivity contribution is 5.84. The van der Waals surface area contributed by atoms with Gasteiger partial charge >= 0.3 is 5.97 Å². The summed E-state index contributed by atoms with van der Waals surface area (Å²) in [7, 11) is 1.56. The molecule has 1 aliphatic heterocycles. The summed E-state index contributed by atoms with van der Waals surface area (Å²) in [5, 5.41) is 0. The number of carbonyl (C=O) groups is 2. The molecule has 1 atom stereocenters. The molecular formula is C9H15NO4. The minimum Gasteiger partial charge on any atom is -0.465 e. The van der Waals surface area contributed by atoms with Crippen LogP contribution in [0.15, 0.2) is 0 Å². The molecule has 1 aliphatic rings. The van der Waals surface area contributed by atoms with Crippen LogP contribution in [0.25, 0.3) is 0 Å². The smallest absolute Gasteiger partial charge is 0.325 e. The molecule has 1 amide bonds. The normalized spacial score (nSPS) is 21.4. The van der Waals surface area contributed by atoms with E-state index in [1.54, 1.807) is 14.0 Å². The molecule has 0 bridgehead atoms. The van der Waals surface area contributed by atoms with Gasteiger partial charge in [-0.1, -0.05) is 0 Å². The van der Waals surface area contributed by atoms with E-state index in [0.29, 0.717) is 19.6 Å². The van der Waals surface area contributed by atoms with Crippen LogP contribution in [0.4, 0.5) is 0 Å². The summed E-state index contributed by atoms with van der Waals surface area (Å²) in [5.74, 6) is -0.414. The van der Waals surface area contributed by atoms with Gasteiger partial charge in [0, 0.05) is 13.7 Å². The number of rotatable bonds is 4. The summed E-state index contributed by atoms with van der Waals surface area (Å²) in [6.07, 6.45) is 0.271. The zero-order chi connectivity index (χ0) is 10.6. The van der Waals surface area contributed by atoms with Gasteiger partial charge in [-0.05, 0) is 6.92 Å². The van der Waals surface area contributed by atoms with E-state index in [1.807, 2.05) is 0 Å². The molecule has 0 spiro atoms. The highest BCUT2D eigenvalue weighted by Gasteiger charge is 2.30. The molecule has 1 rings (SSSR count). The quantitative estimate of drug-likeness (QED) is 0.591. The Kier molecular flexibility index (Phi) is 3.88. The van der Waals surface area contributed by atoms with E-state index >= 15 is 0 Å². The van der Waals surface area contributed by atoms with Gasteiger partial charge < -0.3 is 14.4 Å². The molecular weight excluding hydrogens is 186 g/mol. The molecule has 0 N–H and O–H groups in total. The fourth-order valence-corrected chi connectivity index (χ4v) is 1.41. The van der Waals surface area contributed by atoms with Crippen molar-refractivity contribution in [1.82, 2.24) is 4.90 Å². The lowest BCUT2D eigenvalue weighted by Crippen LogP contribution is -2.32. The monoisotopic (exact) mass is 201 g/mol. The minimum atomic E-state index is -0.363. The molecule has 1 saturated heterocycles. The first-order valence-electron chi connectivity index (χ1n) is 4.63. The first kappa shape index (κ1) is 11.0. The number of ether oxygens (including phenoxy) is 2. The maximum absolute atomic E-state index is 11.3. The topological polar surface area (TPSA) is 55.8 Å². The van der Waals surface area contributed by atoms with Crippen LogP contribution in [0.2, 0.25) is 0 Å². The molecule has 0 aromatic carbocycles. The number of hydrogen-bond donors (Lipinski definition) is 0. The fraction of sp³-hybridized carbons (Fsp3) is 0.778. The van der Waals surface area contributed by atoms with Crippen LogP contribution in [0.1, 0.15) is 13.3 Å². The summed E-state index contributed by atoms with van der Waals surface area (Å²) in [6, 6.07) is 0. The Balaban J connectivity index is 2.38. The maximum Gasteiger partial charge on any atom is 0.325 e. The summed E-state index contributed by atoms with van der Waals surface area (Å²) < 4.78 is 9.79. The standard InChI is InChI=1S/C9H15NO4/c1-3-14-9(12)6-10-5-7(13-2)4-8(10)11/h7H,3-6H2,1-2H3. The van der Waals surface area contributed by atoms with Crippen molar-refractivity contribution in [3.05, 3.63) is 0 Å². The number of amides is 1. The average Bonchev–Trinajstić information content (AvgIpc) is 2.48. The van der Waals surface area contributed by atoms with Gasteiger partial charge in [-0.15, -0.1) is 0 Å². The maximum atomic E-state index is 11.3. The third kappa shape index (κ3) is 2.70. The first-order chi connectivity index (χ1) is 6.67. The summed E-state index contributed by atoms with van der Waals surface area (Å²) in [6.45, 7) is 2.59. The SMILES string of the molecule is CCOC(=O)CN1CC(OC)CC1=O. The van der Waals surface area contributed by atoms with Gasteiger partial charge in [0.15, 0.2) is 0 Å². The lowest BCUT2D eigenvalue weighted by Gasteiger charge is -2.14. The Morgan fingerprint density at radius 3 is 2.86 bits per heavy atom. The summed E-state index contributed by atoms with van der Waals surface area (Å²) in [5.41, 5.74) is 0. The second-order valence-electron chi connectivity index (χ2n) is 3.14. The molecule has 0 radical (unpaired) electrons. The number of esters is 1. The van der Waals surface area contributed by atoms with E-state index < -0.39 is 0 Å². The number of methoxy groups -OCH3 is 1. The van der Waals surface area contributed by atoms with Gasteiger partial charge in [0.25, 0.3) is 0 Å². The summed E-state index contributed by atoms with van der Waals surface area (Å²) in [4.78, 5) is 23.9. The van der Waals surface area contributed by atoms with E-state index in [-0.39, 0.29) is 24.5 Å². The highest BCUT2D eigenvalue weighted by Crippen LogP contribution is 2.12. The van der Waals surface area contributed by atoms with Crippen LogP contribution in [-0.4, -0.2) is 49.7 Å². The zero-order valence-corrected chi connectivity index (χ0v) is 8.49. The van der Waals surface area contributed by atoms with Gasteiger partial charge in [0.1, 0.15) is 6.54 Å². The van der Waals surface area contributed by atoms with Crippen molar-refractivity contribution in [3.8, 4) is 0 Å². The largest absolute Gasteiger partial charge is 0.465 e. The van der Waals surface area contributed by atoms with Crippen LogP contribution >= 0.6 is 0 Å². The Hall–Kier alpha value is -1.10. The van der Waals surface area contributed by atoms with E-state index in [4.69, 9.17) is 9.47 Å². The van der Waals surface area contributed by atoms with Crippen molar-refractivity contribution in [1.29, 1.82) is 0 Å². The van der Waals surface area contributed by atoms with Gasteiger partial charge in [-0.25, -0.2) is 0 Å². The molecule has 1 unspecified atom stereocenters. The molecule has 5 nitrogen and oxygen atoms in total.